The molecule has 15 rings (SSSR count). The van der Waals surface area contributed by atoms with Crippen molar-refractivity contribution in [2.45, 2.75) is 78.1 Å². The van der Waals surface area contributed by atoms with E-state index < -0.39 is 29.5 Å². The molecule has 0 radical (unpaired) electrons. The van der Waals surface area contributed by atoms with E-state index in [2.05, 4.69) is 309 Å². The van der Waals surface area contributed by atoms with Crippen LogP contribution in [0.5, 0.6) is 0 Å². The molecule has 0 bridgehead atoms. The van der Waals surface area contributed by atoms with E-state index >= 15 is 0 Å². The van der Waals surface area contributed by atoms with Crippen LogP contribution in [0, 0.1) is 0 Å². The zero-order valence-corrected chi connectivity index (χ0v) is 115. The van der Waals surface area contributed by atoms with Crippen molar-refractivity contribution in [3.63, 3.8) is 0 Å². The maximum absolute atomic E-state index is 13.3. The third-order valence-electron chi connectivity index (χ3n) is 19.7. The molecular formula is C68H93BBrN2O10P41S4. The summed E-state index contributed by atoms with van der Waals surface area (Å²) in [5.41, 5.74) is 8.09. The van der Waals surface area contributed by atoms with Crippen LogP contribution in [-0.4, -0.2) is 55.1 Å². The fraction of sp³-hybridized carbons (Fsp3) is 0.0882. The number of rotatable bonds is 23. The van der Waals surface area contributed by atoms with Crippen molar-refractivity contribution in [2.75, 3.05) is 9.80 Å². The summed E-state index contributed by atoms with van der Waals surface area (Å²) in [6, 6.07) is 69.0. The Morgan fingerprint density at radius 3 is 1.01 bits per heavy atom. The van der Waals surface area contributed by atoms with Crippen LogP contribution >= 0.6 is 356 Å². The number of para-hydroxylation sites is 4. The second-order valence-electron chi connectivity index (χ2n) is 28.2. The topological polar surface area (TPSA) is 161 Å². The average Bonchev–Trinajstić information content (AvgIpc) is 1.05. The minimum atomic E-state index is -3.80. The largest absolute Gasteiger partial charge is 0.494 e. The van der Waals surface area contributed by atoms with Crippen molar-refractivity contribution < 1.29 is 44.2 Å². The second-order valence-corrected chi connectivity index (χ2v) is 201. The summed E-state index contributed by atoms with van der Waals surface area (Å²) in [5, 5.41) is 0. The predicted octanol–water partition coefficient (Wildman–Crippen LogP) is 38.9. The lowest BCUT2D eigenvalue weighted by Gasteiger charge is -2.56. The van der Waals surface area contributed by atoms with Crippen molar-refractivity contribution >= 4 is 444 Å². The Bertz CT molecular complexity index is 5830. The summed E-state index contributed by atoms with van der Waals surface area (Å²) >= 11 is 5.07. The van der Waals surface area contributed by atoms with Crippen molar-refractivity contribution in [3.8, 4) is 11.1 Å². The minimum Gasteiger partial charge on any atom is -0.399 e. The first-order valence-corrected chi connectivity index (χ1v) is 117. The van der Waals surface area contributed by atoms with Gasteiger partial charge in [-0.1, -0.05) is 139 Å². The highest BCUT2D eigenvalue weighted by Gasteiger charge is 2.57. The zero-order chi connectivity index (χ0) is 92.8. The van der Waals surface area contributed by atoms with Crippen molar-refractivity contribution in [1.29, 1.82) is 0 Å². The number of hydrogen-bond acceptors (Lipinski definition) is 13. The van der Waals surface area contributed by atoms with Gasteiger partial charge in [-0.2, -0.15) is 0 Å². The molecule has 0 amide bonds. The summed E-state index contributed by atoms with van der Waals surface area (Å²) in [5.74, 6) is -0.576. The summed E-state index contributed by atoms with van der Waals surface area (Å²) in [7, 11) is 61.0. The molecule has 24 unspecified atom stereocenters. The van der Waals surface area contributed by atoms with Crippen LogP contribution in [-0.2, 0) is 38.8 Å². The highest BCUT2D eigenvalue weighted by Crippen LogP contribution is 3.43. The number of ketones is 2. The average molecular weight is 2590 g/mol. The molecule has 1 fully saturated rings. The zero-order valence-electron chi connectivity index (χ0n) is 67.6. The van der Waals surface area contributed by atoms with Gasteiger partial charge < -0.3 is 19.1 Å². The third-order valence-corrected chi connectivity index (χ3v) is 306. The van der Waals surface area contributed by atoms with Crippen LogP contribution < -0.4 is 15.3 Å². The Balaban J connectivity index is 0.000000159. The Labute approximate surface area is 834 Å². The molecule has 5 aliphatic rings. The number of sulfone groups is 3. The van der Waals surface area contributed by atoms with Gasteiger partial charge in [0.05, 0.1) is 63.3 Å². The molecule has 1 saturated heterocycles. The van der Waals surface area contributed by atoms with Gasteiger partial charge in [0, 0.05) is 47.9 Å². The lowest BCUT2D eigenvalue weighted by Crippen LogP contribution is -2.41. The van der Waals surface area contributed by atoms with Crippen LogP contribution in [0.15, 0.2) is 274 Å². The smallest absolute Gasteiger partial charge is 0.399 e. The van der Waals surface area contributed by atoms with E-state index in [0.717, 1.165) is 30.4 Å². The fourth-order valence-electron chi connectivity index (χ4n) is 13.5. The van der Waals surface area contributed by atoms with Crippen LogP contribution in [0.3, 0.4) is 0 Å². The lowest BCUT2D eigenvalue weighted by molar-refractivity contribution is 0.00578. The molecule has 0 aromatic heterocycles. The molecule has 0 saturated carbocycles. The molecular weight excluding hydrogens is 2490 g/mol. The van der Waals surface area contributed by atoms with Gasteiger partial charge in [0.15, 0.2) is 11.6 Å². The number of hydrogen-bond donors (Lipinski definition) is 0. The molecule has 5 heterocycles. The number of nitrogens with zero attached hydrogens (tertiary/aromatic N) is 2. The Kier molecular flexibility index (Phi) is 46.1. The molecule has 5 aliphatic heterocycles. The molecule has 0 aliphatic carbocycles. The first-order valence-electron chi connectivity index (χ1n) is 36.6. The maximum Gasteiger partial charge on any atom is 0.494 e. The summed E-state index contributed by atoms with van der Waals surface area (Å²) in [6.07, 6.45) is 0. The molecule has 59 heteroatoms. The van der Waals surface area contributed by atoms with Gasteiger partial charge >= 0.3 is 7.12 Å². The van der Waals surface area contributed by atoms with Gasteiger partial charge in [0.2, 0.25) is 29.5 Å². The lowest BCUT2D eigenvalue weighted by atomic mass is 9.79. The van der Waals surface area contributed by atoms with Gasteiger partial charge in [-0.15, -0.1) is 187 Å². The number of carbonyl (C=O) groups is 2. The molecule has 0 spiro atoms. The maximum atomic E-state index is 13.3. The third kappa shape index (κ3) is 26.4. The number of halogens is 1. The van der Waals surface area contributed by atoms with Gasteiger partial charge in [-0.05, 0) is 304 Å². The number of benzene rings is 10. The Morgan fingerprint density at radius 2 is 0.630 bits per heavy atom. The van der Waals surface area contributed by atoms with E-state index in [0.29, 0.717) is 21.4 Å². The number of anilines is 6. The number of carbonyl (C=O) groups excluding carboxylic acids is 2. The fourth-order valence-corrected chi connectivity index (χ4v) is 585. The van der Waals surface area contributed by atoms with E-state index in [-0.39, 0.29) is 214 Å². The van der Waals surface area contributed by atoms with E-state index in [1.165, 1.54) is 51.5 Å². The van der Waals surface area contributed by atoms with Gasteiger partial charge in [-0.25, -0.2) is 25.3 Å². The van der Waals surface area contributed by atoms with E-state index in [1.807, 2.05) is 40.9 Å². The summed E-state index contributed by atoms with van der Waals surface area (Å²) < 4.78 is 90.7. The molecule has 10 aromatic carbocycles. The van der Waals surface area contributed by atoms with Gasteiger partial charge in [0.1, 0.15) is 0 Å². The van der Waals surface area contributed by atoms with Crippen molar-refractivity contribution in [1.82, 2.24) is 0 Å². The van der Waals surface area contributed by atoms with Crippen LogP contribution in [0.1, 0.15) is 59.5 Å². The first kappa shape index (κ1) is 115. The Morgan fingerprint density at radius 1 is 0.331 bits per heavy atom. The second kappa shape index (κ2) is 50.8. The highest BCUT2D eigenvalue weighted by atomic mass is 79.9. The van der Waals surface area contributed by atoms with E-state index in [1.54, 1.807) is 103 Å². The molecule has 0 N–H and O–H groups in total. The molecule has 24 atom stereocenters. The van der Waals surface area contributed by atoms with Gasteiger partial charge in [-0.3, -0.25) is 9.59 Å². The normalized spacial score (nSPS) is 16.7. The van der Waals surface area contributed by atoms with Crippen LogP contribution in [0.25, 0.3) is 11.1 Å². The van der Waals surface area contributed by atoms with Gasteiger partial charge in [0.25, 0.3) is 0 Å². The predicted molar refractivity (Wildman–Crippen MR) is 681 cm³/mol. The quantitative estimate of drug-likeness (QED) is 0.0440. The molecule has 12 nitrogen and oxygen atoms in total. The SMILES string of the molecule is CC1(C)OB(c2ccc(N3c4ccccc4Sc4ccccc43)cc2)OC1(C)C.O=C1c2ccccc2S(=O)(=O)c2ccc(-c3ccc(N4c5ccccc5S(=O)(=O)c5ccccc54)cc3)cc21.O=C1c2ccccc2S(=O)(=O)c2ccc(Br)cc21.PPP(P(P)P)P(P(P)P)P(P(P(P(P)P)P(P)P)P(P(P)P)P(P)P)P(P(P(P)P)P(P)P)P(P(P)P)P(P)P. The number of fused-ring (bicyclic) bond motifs is 8. The highest BCUT2D eigenvalue weighted by molar-refractivity contribution is 9.49. The Hall–Kier alpha value is 9.43. The van der Waals surface area contributed by atoms with E-state index in [9.17, 15) is 34.8 Å². The van der Waals surface area contributed by atoms with Crippen LogP contribution in [0.4, 0.5) is 34.1 Å². The van der Waals surface area contributed by atoms with Crippen molar-refractivity contribution in [3.05, 3.63) is 257 Å². The van der Waals surface area contributed by atoms with E-state index in [4.69, 9.17) is 9.31 Å². The van der Waals surface area contributed by atoms with Crippen LogP contribution in [0.2, 0.25) is 0 Å². The summed E-state index contributed by atoms with van der Waals surface area (Å²) in [4.78, 5) is 32.9. The first-order chi connectivity index (χ1) is 59.8. The summed E-state index contributed by atoms with van der Waals surface area (Å²) in [6.45, 7) is 6.71. The molecule has 674 valence electrons. The molecule has 10 aromatic rings. The standard InChI is InChI=1S/C31H19NO5S2.C24H24BNO2S.C13H7BrO3S.H43P41/c33-31-23-7-1-4-10-27(23)38(34,35)28-18-15-21(19-24(28)31)20-13-16-22(17-14-20)32-25-8-2-5-11-29(25)39(36,37)30-12-6-3-9-26(30)32;1-23(2)24(3,4)28-25(27-23)17-13-15-18(16-14-17)26-19-9-5-7-11-21(19)29-22-12-8-6-10-20(22)26;14-8-5-6-12-10(7-8)13(15)9-3-1-2-4-11(9)18(12,16)17;1-22-33(23(2)3)38(32(20)21)41(39(34(24(4)5)25(6)7)35(26(8)9)27(10)11)40(36(28(12)13)29(14)15)37(30(16)17)31(18)19/h1-19H;5-16H,1-4H3;1-7H;22H,1-21H2. The minimum absolute atomic E-state index is 0.00702. The monoisotopic (exact) mass is 2590 g/mol. The van der Waals surface area contributed by atoms with Crippen molar-refractivity contribution in [2.24, 2.45) is 0 Å². The molecule has 127 heavy (non-hydrogen) atoms.